The van der Waals surface area contributed by atoms with Gasteiger partial charge in [-0.05, 0) is 123 Å². The lowest BCUT2D eigenvalue weighted by atomic mass is 9.51. The van der Waals surface area contributed by atoms with Crippen LogP contribution in [0.15, 0.2) is 101 Å². The van der Waals surface area contributed by atoms with Crippen LogP contribution in [0.1, 0.15) is 42.4 Å². The quantitative estimate of drug-likeness (QED) is 0.119. The van der Waals surface area contributed by atoms with Gasteiger partial charge in [-0.3, -0.25) is 24.1 Å². The second-order valence-corrected chi connectivity index (χ2v) is 15.8. The van der Waals surface area contributed by atoms with Crippen molar-refractivity contribution in [3.05, 3.63) is 118 Å². The molecule has 4 amide bonds. The third kappa shape index (κ3) is 5.66. The number of allylic oxidation sites excluding steroid dienone is 2. The van der Waals surface area contributed by atoms with Gasteiger partial charge in [-0.2, -0.15) is 10.2 Å². The van der Waals surface area contributed by atoms with Gasteiger partial charge >= 0.3 is 0 Å². The number of rotatable bonds is 6. The maximum atomic E-state index is 14.7. The number of phenols is 1. The number of carbonyl (C=O) groups excluding carboxylic acids is 4. The molecule has 280 valence electrons. The summed E-state index contributed by atoms with van der Waals surface area (Å²) in [6.45, 7) is 5.33. The van der Waals surface area contributed by atoms with E-state index in [0.29, 0.717) is 28.2 Å². The van der Waals surface area contributed by atoms with Crippen LogP contribution in [0.4, 0.5) is 32.8 Å². The van der Waals surface area contributed by atoms with Gasteiger partial charge in [0.15, 0.2) is 0 Å². The summed E-state index contributed by atoms with van der Waals surface area (Å²) in [7, 11) is 3.91. The Labute approximate surface area is 322 Å². The minimum Gasteiger partial charge on any atom is -0.507 e. The molecular weight excluding hydrogens is 721 g/mol. The Morgan fingerprint density at radius 3 is 2.00 bits per heavy atom. The molecule has 12 heteroatoms. The van der Waals surface area contributed by atoms with Crippen LogP contribution in [0.2, 0.25) is 5.02 Å². The average molecular weight is 760 g/mol. The summed E-state index contributed by atoms with van der Waals surface area (Å²) in [5.74, 6) is -5.64. The van der Waals surface area contributed by atoms with E-state index in [4.69, 9.17) is 11.6 Å². The predicted octanol–water partition coefficient (Wildman–Crippen LogP) is 8.72. The average Bonchev–Trinajstić information content (AvgIpc) is 3.53. The van der Waals surface area contributed by atoms with Crippen LogP contribution in [-0.4, -0.2) is 42.8 Å². The van der Waals surface area contributed by atoms with Gasteiger partial charge in [0.05, 0.1) is 50.9 Å². The van der Waals surface area contributed by atoms with Crippen LogP contribution in [-0.2, 0) is 19.2 Å². The van der Waals surface area contributed by atoms with Crippen molar-refractivity contribution >= 4 is 63.7 Å². The molecule has 0 unspecified atom stereocenters. The van der Waals surface area contributed by atoms with Crippen molar-refractivity contribution in [1.82, 2.24) is 0 Å². The molecule has 6 atom stereocenters. The van der Waals surface area contributed by atoms with Crippen LogP contribution in [0.5, 0.6) is 5.75 Å². The lowest BCUT2D eigenvalue weighted by molar-refractivity contribution is -0.131. The molecule has 2 heterocycles. The van der Waals surface area contributed by atoms with Crippen molar-refractivity contribution < 1.29 is 28.7 Å². The zero-order chi connectivity index (χ0) is 39.1. The molecule has 0 radical (unpaired) electrons. The molecule has 10 nitrogen and oxygen atoms in total. The van der Waals surface area contributed by atoms with E-state index in [1.807, 2.05) is 61.5 Å². The second-order valence-electron chi connectivity index (χ2n) is 15.4. The SMILES string of the molecule is Cc1cc([C@H]2C3=CC[C@@H]4C(=O)N(c5ccc(N=Nc6ccc(N(C)C)cc6)cc5)C(=O)[C@@H]4[C@@H]3C[C@H]3C(=O)N(c4ccc(F)c(Cl)c4)C(=O)[C@@]23C)cc(C)c1O. The standard InChI is InChI=1S/C43H39ClFN5O5/c1-22-18-24(19-23(2)38(22)51)37-30-15-16-31-36(32(30)21-33-40(53)50(42(55)43(33,37)3)29-14-17-35(45)34(44)20-29)41(54)49(39(31)52)28-12-8-26(9-13-28)47-46-25-6-10-27(11-7-25)48(4)5/h6-15,17-20,31-33,36-37,51H,16,21H2,1-5H3/t31-,32+,33-,36-,37-,43+/m0/s1. The normalized spacial score (nSPS) is 26.0. The number of aryl methyl sites for hydroxylation is 2. The fraction of sp³-hybridized carbons (Fsp3) is 0.302. The number of azo groups is 1. The van der Waals surface area contributed by atoms with Crippen molar-refractivity contribution in [2.75, 3.05) is 28.8 Å². The van der Waals surface area contributed by atoms with Gasteiger partial charge in [0.1, 0.15) is 11.6 Å². The first-order chi connectivity index (χ1) is 26.2. The van der Waals surface area contributed by atoms with Crippen molar-refractivity contribution in [2.24, 2.45) is 39.3 Å². The molecule has 3 fully saturated rings. The van der Waals surface area contributed by atoms with Gasteiger partial charge in [0.2, 0.25) is 23.6 Å². The van der Waals surface area contributed by atoms with Crippen LogP contribution in [0.25, 0.3) is 0 Å². The van der Waals surface area contributed by atoms with Gasteiger partial charge in [-0.15, -0.1) is 0 Å². The Hall–Kier alpha value is -5.68. The maximum Gasteiger partial charge on any atom is 0.241 e. The van der Waals surface area contributed by atoms with E-state index in [1.165, 1.54) is 17.0 Å². The molecule has 1 saturated carbocycles. The number of fused-ring (bicyclic) bond motifs is 4. The molecule has 0 spiro atoms. The summed E-state index contributed by atoms with van der Waals surface area (Å²) in [6, 6.07) is 21.8. The minimum absolute atomic E-state index is 0.130. The zero-order valence-electron chi connectivity index (χ0n) is 31.0. The third-order valence-corrected chi connectivity index (χ3v) is 12.3. The summed E-state index contributed by atoms with van der Waals surface area (Å²) in [5.41, 5.74) is 4.29. The monoisotopic (exact) mass is 759 g/mol. The van der Waals surface area contributed by atoms with Gasteiger partial charge in [-0.25, -0.2) is 9.29 Å². The van der Waals surface area contributed by atoms with Gasteiger partial charge in [0, 0.05) is 25.7 Å². The smallest absolute Gasteiger partial charge is 0.241 e. The topological polar surface area (TPSA) is 123 Å². The number of aromatic hydroxyl groups is 1. The predicted molar refractivity (Wildman–Crippen MR) is 207 cm³/mol. The third-order valence-electron chi connectivity index (χ3n) is 12.0. The molecule has 2 saturated heterocycles. The molecule has 2 aliphatic heterocycles. The summed E-state index contributed by atoms with van der Waals surface area (Å²) in [5, 5.41) is 19.1. The van der Waals surface area contributed by atoms with E-state index < -0.39 is 52.6 Å². The van der Waals surface area contributed by atoms with E-state index in [1.54, 1.807) is 45.0 Å². The van der Waals surface area contributed by atoms with Gasteiger partial charge < -0.3 is 10.0 Å². The Balaban J connectivity index is 1.14. The Kier molecular flexibility index (Phi) is 8.75. The van der Waals surface area contributed by atoms with E-state index in [0.717, 1.165) is 27.8 Å². The number of hydrogen-bond donors (Lipinski definition) is 1. The number of anilines is 3. The number of imide groups is 2. The first-order valence-electron chi connectivity index (χ1n) is 18.2. The van der Waals surface area contributed by atoms with Gasteiger partial charge in [-0.1, -0.05) is 35.4 Å². The molecule has 4 aliphatic rings. The van der Waals surface area contributed by atoms with Crippen LogP contribution in [0.3, 0.4) is 0 Å². The summed E-state index contributed by atoms with van der Waals surface area (Å²) in [6.07, 6.45) is 2.42. The van der Waals surface area contributed by atoms with Crippen molar-refractivity contribution in [2.45, 2.75) is 39.5 Å². The van der Waals surface area contributed by atoms with Crippen LogP contribution < -0.4 is 14.7 Å². The number of amides is 4. The highest BCUT2D eigenvalue weighted by atomic mass is 35.5. The van der Waals surface area contributed by atoms with Crippen LogP contribution in [0, 0.1) is 48.8 Å². The lowest BCUT2D eigenvalue weighted by Crippen LogP contribution is -2.49. The van der Waals surface area contributed by atoms with E-state index >= 15 is 0 Å². The number of benzene rings is 4. The molecule has 2 aliphatic carbocycles. The highest BCUT2D eigenvalue weighted by Crippen LogP contribution is 2.64. The molecule has 55 heavy (non-hydrogen) atoms. The summed E-state index contributed by atoms with van der Waals surface area (Å²) in [4.78, 5) is 62.1. The van der Waals surface area contributed by atoms with Crippen molar-refractivity contribution in [3.63, 3.8) is 0 Å². The number of carbonyl (C=O) groups is 4. The maximum absolute atomic E-state index is 14.7. The minimum atomic E-state index is -1.30. The fourth-order valence-corrected chi connectivity index (χ4v) is 9.45. The van der Waals surface area contributed by atoms with Gasteiger partial charge in [0.25, 0.3) is 0 Å². The molecule has 4 aromatic rings. The molecular formula is C43H39ClFN5O5. The Morgan fingerprint density at radius 1 is 0.800 bits per heavy atom. The number of halogens is 2. The van der Waals surface area contributed by atoms with E-state index in [-0.39, 0.29) is 41.1 Å². The molecule has 4 aromatic carbocycles. The summed E-state index contributed by atoms with van der Waals surface area (Å²) < 4.78 is 14.2. The molecule has 1 N–H and O–H groups in total. The largest absolute Gasteiger partial charge is 0.507 e. The van der Waals surface area contributed by atoms with Crippen molar-refractivity contribution in [1.29, 1.82) is 0 Å². The van der Waals surface area contributed by atoms with E-state index in [2.05, 4.69) is 10.2 Å². The highest BCUT2D eigenvalue weighted by Gasteiger charge is 2.67. The van der Waals surface area contributed by atoms with E-state index in [9.17, 15) is 28.7 Å². The zero-order valence-corrected chi connectivity index (χ0v) is 31.7. The van der Waals surface area contributed by atoms with Crippen molar-refractivity contribution in [3.8, 4) is 5.75 Å². The lowest BCUT2D eigenvalue weighted by Gasteiger charge is -2.49. The summed E-state index contributed by atoms with van der Waals surface area (Å²) >= 11 is 6.12. The van der Waals surface area contributed by atoms with Crippen LogP contribution >= 0.6 is 11.6 Å². The second kappa shape index (κ2) is 13.3. The molecule has 0 aromatic heterocycles. The number of hydrogen-bond acceptors (Lipinski definition) is 8. The fourth-order valence-electron chi connectivity index (χ4n) is 9.28. The number of phenolic OH excluding ortho intramolecular Hbond substituents is 1. The first kappa shape index (κ1) is 36.3. The Morgan fingerprint density at radius 2 is 1.40 bits per heavy atom. The first-order valence-corrected chi connectivity index (χ1v) is 18.6. The molecule has 0 bridgehead atoms. The Bertz CT molecular complexity index is 2340. The molecule has 8 rings (SSSR count). The highest BCUT2D eigenvalue weighted by molar-refractivity contribution is 6.32. The number of nitrogens with zero attached hydrogens (tertiary/aromatic N) is 5.